The monoisotopic (exact) mass is 284 g/mol. The Hall–Kier alpha value is -3.02. The summed E-state index contributed by atoms with van der Waals surface area (Å²) in [5.74, 6) is 0.292. The van der Waals surface area contributed by atoms with Crippen LogP contribution in [0.5, 0.6) is 11.5 Å². The number of hydrogen-bond donors (Lipinski definition) is 2. The standard InChI is InChI=1S/C15H12N2O4/c16-14(18)9-2-1-3-11(6-9)17-15(19)10-4-5-12-13(7-10)21-8-20-12/h1-7H,8H2,(H2,16,18)(H,17,19). The Kier molecular flexibility index (Phi) is 3.19. The van der Waals surface area contributed by atoms with Crippen molar-refractivity contribution in [3.05, 3.63) is 53.6 Å². The van der Waals surface area contributed by atoms with Gasteiger partial charge in [-0.05, 0) is 36.4 Å². The molecule has 1 aliphatic rings. The largest absolute Gasteiger partial charge is 0.454 e. The van der Waals surface area contributed by atoms with Gasteiger partial charge in [-0.1, -0.05) is 6.07 Å². The smallest absolute Gasteiger partial charge is 0.255 e. The maximum absolute atomic E-state index is 12.2. The number of ether oxygens (including phenoxy) is 2. The highest BCUT2D eigenvalue weighted by Crippen LogP contribution is 2.32. The van der Waals surface area contributed by atoms with Gasteiger partial charge in [-0.3, -0.25) is 9.59 Å². The number of nitrogens with two attached hydrogens (primary N) is 1. The number of primary amides is 1. The van der Waals surface area contributed by atoms with Crippen LogP contribution in [0.1, 0.15) is 20.7 Å². The Morgan fingerprint density at radius 2 is 1.81 bits per heavy atom. The van der Waals surface area contributed by atoms with Gasteiger partial charge in [-0.2, -0.15) is 0 Å². The summed E-state index contributed by atoms with van der Waals surface area (Å²) in [7, 11) is 0. The van der Waals surface area contributed by atoms with Crippen LogP contribution in [-0.2, 0) is 0 Å². The summed E-state index contributed by atoms with van der Waals surface area (Å²) >= 11 is 0. The van der Waals surface area contributed by atoms with Gasteiger partial charge in [0.25, 0.3) is 5.91 Å². The molecule has 3 N–H and O–H groups in total. The van der Waals surface area contributed by atoms with Crippen molar-refractivity contribution in [2.75, 3.05) is 12.1 Å². The number of carbonyl (C=O) groups is 2. The maximum atomic E-state index is 12.2. The van der Waals surface area contributed by atoms with Crippen molar-refractivity contribution in [3.8, 4) is 11.5 Å². The molecule has 1 aliphatic heterocycles. The fraction of sp³-hybridized carbons (Fsp3) is 0.0667. The van der Waals surface area contributed by atoms with Gasteiger partial charge in [0.15, 0.2) is 11.5 Å². The summed E-state index contributed by atoms with van der Waals surface area (Å²) in [5, 5.41) is 2.70. The Morgan fingerprint density at radius 3 is 2.62 bits per heavy atom. The van der Waals surface area contributed by atoms with Crippen LogP contribution in [0.2, 0.25) is 0 Å². The molecule has 6 nitrogen and oxygen atoms in total. The van der Waals surface area contributed by atoms with Crippen LogP contribution in [0, 0.1) is 0 Å². The highest BCUT2D eigenvalue weighted by Gasteiger charge is 2.16. The van der Waals surface area contributed by atoms with Crippen molar-refractivity contribution in [3.63, 3.8) is 0 Å². The SMILES string of the molecule is NC(=O)c1cccc(NC(=O)c2ccc3c(c2)OCO3)c1. The predicted molar refractivity (Wildman–Crippen MR) is 75.5 cm³/mol. The number of rotatable bonds is 3. The van der Waals surface area contributed by atoms with E-state index in [-0.39, 0.29) is 12.7 Å². The molecule has 0 radical (unpaired) electrons. The predicted octanol–water partition coefficient (Wildman–Crippen LogP) is 1.77. The van der Waals surface area contributed by atoms with Gasteiger partial charge in [-0.15, -0.1) is 0 Å². The molecule has 0 bridgehead atoms. The molecule has 2 aromatic rings. The van der Waals surface area contributed by atoms with Gasteiger partial charge in [-0.25, -0.2) is 0 Å². The number of fused-ring (bicyclic) bond motifs is 1. The zero-order valence-corrected chi connectivity index (χ0v) is 11.0. The van der Waals surface area contributed by atoms with E-state index in [2.05, 4.69) is 5.32 Å². The Labute approximate surface area is 120 Å². The third-order valence-corrected chi connectivity index (χ3v) is 3.04. The minimum atomic E-state index is -0.547. The van der Waals surface area contributed by atoms with Crippen LogP contribution in [0.3, 0.4) is 0 Å². The van der Waals surface area contributed by atoms with Gasteiger partial charge in [0, 0.05) is 16.8 Å². The molecule has 106 valence electrons. The fourth-order valence-electron chi connectivity index (χ4n) is 1.99. The molecule has 21 heavy (non-hydrogen) atoms. The molecular weight excluding hydrogens is 272 g/mol. The van der Waals surface area contributed by atoms with Crippen LogP contribution in [0.4, 0.5) is 5.69 Å². The number of hydrogen-bond acceptors (Lipinski definition) is 4. The first-order valence-corrected chi connectivity index (χ1v) is 6.24. The summed E-state index contributed by atoms with van der Waals surface area (Å²) in [6.45, 7) is 0.154. The lowest BCUT2D eigenvalue weighted by atomic mass is 10.1. The molecule has 0 saturated carbocycles. The van der Waals surface area contributed by atoms with Crippen LogP contribution in [0.15, 0.2) is 42.5 Å². The average Bonchev–Trinajstić information content (AvgIpc) is 2.94. The van der Waals surface area contributed by atoms with Gasteiger partial charge < -0.3 is 20.5 Å². The summed E-state index contributed by atoms with van der Waals surface area (Å²) in [6.07, 6.45) is 0. The fourth-order valence-corrected chi connectivity index (χ4v) is 1.99. The molecule has 0 saturated heterocycles. The average molecular weight is 284 g/mol. The molecule has 3 rings (SSSR count). The summed E-state index contributed by atoms with van der Waals surface area (Å²) < 4.78 is 10.4. The van der Waals surface area contributed by atoms with E-state index in [1.54, 1.807) is 36.4 Å². The van der Waals surface area contributed by atoms with Crippen molar-refractivity contribution in [1.82, 2.24) is 0 Å². The van der Waals surface area contributed by atoms with E-state index in [4.69, 9.17) is 15.2 Å². The van der Waals surface area contributed by atoms with E-state index in [0.717, 1.165) is 0 Å². The summed E-state index contributed by atoms with van der Waals surface area (Å²) in [4.78, 5) is 23.3. The second kappa shape index (κ2) is 5.16. The Balaban J connectivity index is 1.80. The molecule has 6 heteroatoms. The third kappa shape index (κ3) is 2.64. The quantitative estimate of drug-likeness (QED) is 0.898. The van der Waals surface area contributed by atoms with Crippen molar-refractivity contribution < 1.29 is 19.1 Å². The molecule has 0 aliphatic carbocycles. The second-order valence-electron chi connectivity index (χ2n) is 4.47. The molecule has 2 aromatic carbocycles. The van der Waals surface area contributed by atoms with Crippen LogP contribution in [-0.4, -0.2) is 18.6 Å². The number of carbonyl (C=O) groups excluding carboxylic acids is 2. The lowest BCUT2D eigenvalue weighted by Crippen LogP contribution is -2.14. The van der Waals surface area contributed by atoms with Gasteiger partial charge >= 0.3 is 0 Å². The maximum Gasteiger partial charge on any atom is 0.255 e. The van der Waals surface area contributed by atoms with E-state index in [0.29, 0.717) is 28.3 Å². The molecule has 1 heterocycles. The summed E-state index contributed by atoms with van der Waals surface area (Å²) in [6, 6.07) is 11.4. The molecule has 0 atom stereocenters. The minimum absolute atomic E-state index is 0.154. The molecule has 0 unspecified atom stereocenters. The minimum Gasteiger partial charge on any atom is -0.454 e. The molecule has 0 aromatic heterocycles. The zero-order valence-electron chi connectivity index (χ0n) is 11.0. The number of benzene rings is 2. The van der Waals surface area contributed by atoms with Crippen LogP contribution >= 0.6 is 0 Å². The zero-order chi connectivity index (χ0) is 14.8. The Bertz CT molecular complexity index is 727. The van der Waals surface area contributed by atoms with Crippen molar-refractivity contribution in [2.45, 2.75) is 0 Å². The number of nitrogens with one attached hydrogen (secondary N) is 1. The van der Waals surface area contributed by atoms with Crippen molar-refractivity contribution >= 4 is 17.5 Å². The van der Waals surface area contributed by atoms with Gasteiger partial charge in [0.1, 0.15) is 0 Å². The van der Waals surface area contributed by atoms with Crippen molar-refractivity contribution in [2.24, 2.45) is 5.73 Å². The van der Waals surface area contributed by atoms with E-state index >= 15 is 0 Å². The lowest BCUT2D eigenvalue weighted by molar-refractivity contribution is 0.0996. The first-order valence-electron chi connectivity index (χ1n) is 6.24. The first kappa shape index (κ1) is 13.0. The van der Waals surface area contributed by atoms with E-state index in [1.807, 2.05) is 0 Å². The first-order chi connectivity index (χ1) is 10.1. The molecule has 0 fully saturated rings. The van der Waals surface area contributed by atoms with E-state index in [9.17, 15) is 9.59 Å². The number of anilines is 1. The van der Waals surface area contributed by atoms with Crippen molar-refractivity contribution in [1.29, 1.82) is 0 Å². The van der Waals surface area contributed by atoms with Gasteiger partial charge in [0.05, 0.1) is 0 Å². The van der Waals surface area contributed by atoms with Crippen LogP contribution < -0.4 is 20.5 Å². The normalized spacial score (nSPS) is 12.0. The van der Waals surface area contributed by atoms with E-state index in [1.165, 1.54) is 6.07 Å². The van der Waals surface area contributed by atoms with Gasteiger partial charge in [0.2, 0.25) is 12.7 Å². The third-order valence-electron chi connectivity index (χ3n) is 3.04. The highest BCUT2D eigenvalue weighted by atomic mass is 16.7. The second-order valence-corrected chi connectivity index (χ2v) is 4.47. The highest BCUT2D eigenvalue weighted by molar-refractivity contribution is 6.05. The molecule has 0 spiro atoms. The van der Waals surface area contributed by atoms with E-state index < -0.39 is 5.91 Å². The topological polar surface area (TPSA) is 90.7 Å². The molecular formula is C15H12N2O4. The Morgan fingerprint density at radius 1 is 1.00 bits per heavy atom. The number of amides is 2. The molecule has 2 amide bonds. The van der Waals surface area contributed by atoms with Crippen LogP contribution in [0.25, 0.3) is 0 Å². The summed E-state index contributed by atoms with van der Waals surface area (Å²) in [5.41, 5.74) is 6.46. The lowest BCUT2D eigenvalue weighted by Gasteiger charge is -2.07.